The fourth-order valence-corrected chi connectivity index (χ4v) is 3.16. The number of nitrogens with zero attached hydrogens (tertiary/aromatic N) is 1. The van der Waals surface area contributed by atoms with Gasteiger partial charge < -0.3 is 10.5 Å². The van der Waals surface area contributed by atoms with Gasteiger partial charge in [0.15, 0.2) is 5.69 Å². The van der Waals surface area contributed by atoms with Crippen molar-refractivity contribution in [2.75, 3.05) is 5.32 Å². The summed E-state index contributed by atoms with van der Waals surface area (Å²) >= 11 is 6.44. The van der Waals surface area contributed by atoms with Crippen LogP contribution in [0.1, 0.15) is 38.4 Å². The zero-order chi connectivity index (χ0) is 18.0. The Morgan fingerprint density at radius 3 is 2.54 bits per heavy atom. The van der Waals surface area contributed by atoms with Crippen LogP contribution in [0.15, 0.2) is 30.9 Å². The van der Waals surface area contributed by atoms with Gasteiger partial charge in [0.2, 0.25) is 5.69 Å². The molecule has 0 aliphatic carbocycles. The molecule has 1 aromatic heterocycles. The highest BCUT2D eigenvalue weighted by molar-refractivity contribution is 6.35. The van der Waals surface area contributed by atoms with Crippen molar-refractivity contribution in [3.8, 4) is 0 Å². The summed E-state index contributed by atoms with van der Waals surface area (Å²) in [5, 5.41) is 15.5. The molecule has 1 heterocycles. The van der Waals surface area contributed by atoms with Gasteiger partial charge in [-0.15, -0.1) is 6.58 Å². The van der Waals surface area contributed by atoms with E-state index in [2.05, 4.69) is 11.9 Å². The number of carbonyl (C=O) groups excluding carboxylic acids is 1. The van der Waals surface area contributed by atoms with E-state index < -0.39 is 0 Å². The normalized spacial score (nSPS) is 10.5. The molecule has 0 unspecified atom stereocenters. The molecular formula is C19H21ClN2O2. The molecule has 1 amide bonds. The van der Waals surface area contributed by atoms with Crippen molar-refractivity contribution in [3.05, 3.63) is 74.7 Å². The van der Waals surface area contributed by atoms with Gasteiger partial charge in [0.1, 0.15) is 5.56 Å². The van der Waals surface area contributed by atoms with Gasteiger partial charge in [-0.05, 0) is 31.9 Å². The lowest BCUT2D eigenvalue weighted by molar-refractivity contribution is -0.619. The molecule has 126 valence electrons. The number of hydrogen-bond donors (Lipinski definition) is 1. The van der Waals surface area contributed by atoms with Crippen LogP contribution in [0.4, 0.5) is 5.69 Å². The van der Waals surface area contributed by atoms with Crippen LogP contribution in [0.2, 0.25) is 5.02 Å². The molecular weight excluding hydrogens is 324 g/mol. The number of benzene rings is 1. The summed E-state index contributed by atoms with van der Waals surface area (Å²) in [6.45, 7) is 10.9. The first-order valence-corrected chi connectivity index (χ1v) is 8.06. The molecule has 0 aliphatic heterocycles. The van der Waals surface area contributed by atoms with Crippen molar-refractivity contribution in [1.29, 1.82) is 0 Å². The van der Waals surface area contributed by atoms with E-state index in [1.807, 2.05) is 32.0 Å². The van der Waals surface area contributed by atoms with Crippen molar-refractivity contribution < 1.29 is 9.52 Å². The van der Waals surface area contributed by atoms with Crippen LogP contribution in [0.3, 0.4) is 0 Å². The lowest BCUT2D eigenvalue weighted by Gasteiger charge is -2.16. The van der Waals surface area contributed by atoms with Gasteiger partial charge in [0.05, 0.1) is 5.02 Å². The summed E-state index contributed by atoms with van der Waals surface area (Å²) in [7, 11) is 0. The monoisotopic (exact) mass is 344 g/mol. The highest BCUT2D eigenvalue weighted by atomic mass is 35.5. The third kappa shape index (κ3) is 3.29. The van der Waals surface area contributed by atoms with Gasteiger partial charge >= 0.3 is 0 Å². The summed E-state index contributed by atoms with van der Waals surface area (Å²) in [5.41, 5.74) is 4.36. The van der Waals surface area contributed by atoms with Gasteiger partial charge in [-0.25, -0.2) is 0 Å². The number of halogens is 1. The van der Waals surface area contributed by atoms with E-state index in [0.29, 0.717) is 28.4 Å². The molecule has 0 bridgehead atoms. The van der Waals surface area contributed by atoms with Gasteiger partial charge in [0, 0.05) is 25.1 Å². The van der Waals surface area contributed by atoms with Crippen LogP contribution in [0.25, 0.3) is 0 Å². The Morgan fingerprint density at radius 1 is 1.29 bits per heavy atom. The summed E-state index contributed by atoms with van der Waals surface area (Å²) in [5.74, 6) is -0.389. The summed E-state index contributed by atoms with van der Waals surface area (Å²) in [6, 6.07) is 5.75. The van der Waals surface area contributed by atoms with E-state index in [1.54, 1.807) is 19.9 Å². The number of aromatic nitrogens is 1. The second kappa shape index (κ2) is 7.05. The minimum absolute atomic E-state index is 0.203. The molecule has 0 saturated heterocycles. The number of carbonyl (C=O) groups is 1. The Hall–Kier alpha value is -2.33. The van der Waals surface area contributed by atoms with Crippen molar-refractivity contribution in [3.63, 3.8) is 0 Å². The van der Waals surface area contributed by atoms with Crippen LogP contribution in [-0.2, 0) is 6.42 Å². The van der Waals surface area contributed by atoms with Crippen LogP contribution in [0, 0.1) is 32.9 Å². The predicted octanol–water partition coefficient (Wildman–Crippen LogP) is 4.19. The zero-order valence-electron chi connectivity index (χ0n) is 14.4. The van der Waals surface area contributed by atoms with E-state index in [-0.39, 0.29) is 17.2 Å². The number of hydrogen-bond acceptors (Lipinski definition) is 2. The highest BCUT2D eigenvalue weighted by Gasteiger charge is 2.26. The lowest BCUT2D eigenvalue weighted by atomic mass is 10.0. The average molecular weight is 345 g/mol. The fourth-order valence-electron chi connectivity index (χ4n) is 2.73. The van der Waals surface area contributed by atoms with Crippen LogP contribution < -0.4 is 10.0 Å². The largest absolute Gasteiger partial charge is 0.618 e. The first-order chi connectivity index (χ1) is 11.3. The number of rotatable bonds is 4. The number of aryl methyl sites for hydroxylation is 2. The van der Waals surface area contributed by atoms with Crippen LogP contribution in [0.5, 0.6) is 0 Å². The smallest absolute Gasteiger partial charge is 0.263 e. The number of nitrogens with one attached hydrogen (secondary N) is 1. The second-order valence-corrected chi connectivity index (χ2v) is 6.28. The zero-order valence-corrected chi connectivity index (χ0v) is 15.1. The molecule has 0 spiro atoms. The first-order valence-electron chi connectivity index (χ1n) is 7.68. The Bertz CT molecular complexity index is 829. The van der Waals surface area contributed by atoms with E-state index >= 15 is 0 Å². The minimum Gasteiger partial charge on any atom is -0.618 e. The topological polar surface area (TPSA) is 56.0 Å². The lowest BCUT2D eigenvalue weighted by Crippen LogP contribution is -2.38. The maximum atomic E-state index is 12.7. The van der Waals surface area contributed by atoms with Crippen molar-refractivity contribution in [2.24, 2.45) is 0 Å². The third-order valence-corrected chi connectivity index (χ3v) is 4.51. The van der Waals surface area contributed by atoms with E-state index in [4.69, 9.17) is 11.6 Å². The summed E-state index contributed by atoms with van der Waals surface area (Å²) in [6.07, 6.45) is 2.09. The molecule has 5 heteroatoms. The molecule has 2 rings (SSSR count). The van der Waals surface area contributed by atoms with Gasteiger partial charge in [0.25, 0.3) is 5.91 Å². The van der Waals surface area contributed by atoms with Crippen molar-refractivity contribution in [1.82, 2.24) is 0 Å². The molecule has 0 aliphatic rings. The Morgan fingerprint density at radius 2 is 1.96 bits per heavy atom. The summed E-state index contributed by atoms with van der Waals surface area (Å²) < 4.78 is 0.752. The Kier molecular flexibility index (Phi) is 5.30. The maximum absolute atomic E-state index is 12.7. The highest BCUT2D eigenvalue weighted by Crippen LogP contribution is 2.27. The van der Waals surface area contributed by atoms with Gasteiger partial charge in [-0.3, -0.25) is 4.79 Å². The van der Waals surface area contributed by atoms with E-state index in [9.17, 15) is 10.0 Å². The standard InChI is InChI=1S/C19H21ClN2O2/c1-6-7-15-13(4)22(24)14(5)17(18(15)20)19(23)21-16-9-8-11(2)10-12(16)3/h6,8-10H,1,7H2,2-5H3,(H,21,23). The molecule has 0 atom stereocenters. The molecule has 0 saturated carbocycles. The van der Waals surface area contributed by atoms with E-state index in [0.717, 1.165) is 15.9 Å². The molecule has 2 aromatic rings. The predicted molar refractivity (Wildman–Crippen MR) is 97.7 cm³/mol. The van der Waals surface area contributed by atoms with Crippen LogP contribution in [-0.4, -0.2) is 5.91 Å². The Balaban J connectivity index is 2.51. The molecule has 24 heavy (non-hydrogen) atoms. The second-order valence-electron chi connectivity index (χ2n) is 5.90. The maximum Gasteiger partial charge on any atom is 0.263 e. The first kappa shape index (κ1) is 18.0. The molecule has 0 radical (unpaired) electrons. The number of allylic oxidation sites excluding steroid dienone is 1. The number of pyridine rings is 1. The molecule has 1 aromatic carbocycles. The minimum atomic E-state index is -0.389. The summed E-state index contributed by atoms with van der Waals surface area (Å²) in [4.78, 5) is 12.7. The SMILES string of the molecule is C=CCc1c(Cl)c(C(=O)Nc2ccc(C)cc2C)c(C)[n+]([O-])c1C. The van der Waals surface area contributed by atoms with Crippen molar-refractivity contribution >= 4 is 23.2 Å². The molecule has 4 nitrogen and oxygen atoms in total. The quantitative estimate of drug-likeness (QED) is 0.513. The van der Waals surface area contributed by atoms with E-state index in [1.165, 1.54) is 0 Å². The van der Waals surface area contributed by atoms with Gasteiger partial charge in [-0.1, -0.05) is 35.4 Å². The average Bonchev–Trinajstić information content (AvgIpc) is 2.52. The number of anilines is 1. The van der Waals surface area contributed by atoms with Crippen LogP contribution >= 0.6 is 11.6 Å². The molecule has 1 N–H and O–H groups in total. The molecule has 0 fully saturated rings. The Labute approximate surface area is 147 Å². The van der Waals surface area contributed by atoms with Crippen molar-refractivity contribution in [2.45, 2.75) is 34.1 Å². The van der Waals surface area contributed by atoms with Gasteiger partial charge in [-0.2, -0.15) is 4.73 Å². The third-order valence-electron chi connectivity index (χ3n) is 4.10. The number of amides is 1. The fraction of sp³-hybridized carbons (Fsp3) is 0.263.